The molecule has 7 rings (SSSR count). The summed E-state index contributed by atoms with van der Waals surface area (Å²) in [7, 11) is 0. The van der Waals surface area contributed by atoms with Gasteiger partial charge in [-0.2, -0.15) is 0 Å². The fourth-order valence-electron chi connectivity index (χ4n) is 7.80. The zero-order chi connectivity index (χ0) is 32.4. The molecule has 1 atom stereocenters. The first-order chi connectivity index (χ1) is 22.0. The third kappa shape index (κ3) is 4.95. The average molecular weight is 605 g/mol. The van der Waals surface area contributed by atoms with Gasteiger partial charge in [-0.25, -0.2) is 0 Å². The van der Waals surface area contributed by atoms with Crippen LogP contribution in [0.3, 0.4) is 0 Å². The van der Waals surface area contributed by atoms with Crippen molar-refractivity contribution in [3.8, 4) is 0 Å². The predicted octanol–water partition coefficient (Wildman–Crippen LogP) is 10.8. The highest BCUT2D eigenvalue weighted by molar-refractivity contribution is 6.94. The molecule has 2 nitrogen and oxygen atoms in total. The zero-order valence-electron chi connectivity index (χ0n) is 29.2. The molecule has 46 heavy (non-hydrogen) atoms. The number of hydrogen-bond donors (Lipinski definition) is 0. The molecule has 2 aliphatic heterocycles. The molecule has 0 saturated heterocycles. The van der Waals surface area contributed by atoms with Crippen molar-refractivity contribution in [3.63, 3.8) is 0 Å². The Morgan fingerprint density at radius 2 is 0.957 bits per heavy atom. The standard InChI is InChI=1S/C43H49BN2/c1-26(2)31-11-17-35(18-12-31)45-39-22-15-33(28(5)6)24-37(39)44-38-25-34(29(7)8)16-23-40(38)46(36-19-13-32(14-20-36)27(3)4)43-30(9)10-21-41(45)42(43)44/h11-30H,10H2,1-9H3. The summed E-state index contributed by atoms with van der Waals surface area (Å²) in [6.45, 7) is 21.0. The SMILES string of the molecule is CC1CC=C2C3=C1N(c1ccc(C(C)C)cc1)c1ccc(C(C)C)cc1B3c1cc(C(C)C)ccc1N2c1ccc(C(C)C)cc1. The normalized spacial score (nSPS) is 17.2. The topological polar surface area (TPSA) is 6.48 Å². The fourth-order valence-corrected chi connectivity index (χ4v) is 7.80. The van der Waals surface area contributed by atoms with Gasteiger partial charge >= 0.3 is 0 Å². The van der Waals surface area contributed by atoms with Crippen LogP contribution in [0.5, 0.6) is 0 Å². The molecule has 0 aromatic heterocycles. The Hall–Kier alpha value is -3.98. The summed E-state index contributed by atoms with van der Waals surface area (Å²) in [6.07, 6.45) is 3.55. The zero-order valence-corrected chi connectivity index (χ0v) is 29.2. The molecular formula is C43H49BN2. The van der Waals surface area contributed by atoms with Crippen LogP contribution >= 0.6 is 0 Å². The highest BCUT2D eigenvalue weighted by Crippen LogP contribution is 2.49. The smallest absolute Gasteiger partial charge is 0.251 e. The first kappa shape index (κ1) is 30.7. The van der Waals surface area contributed by atoms with Crippen LogP contribution in [-0.4, -0.2) is 6.71 Å². The Kier molecular flexibility index (Phi) is 7.78. The monoisotopic (exact) mass is 604 g/mol. The number of nitrogens with zero attached hydrogens (tertiary/aromatic N) is 2. The predicted molar refractivity (Wildman–Crippen MR) is 200 cm³/mol. The molecule has 0 saturated carbocycles. The van der Waals surface area contributed by atoms with E-state index in [1.165, 1.54) is 72.8 Å². The van der Waals surface area contributed by atoms with Crippen molar-refractivity contribution < 1.29 is 0 Å². The second-order valence-electron chi connectivity index (χ2n) is 15.1. The van der Waals surface area contributed by atoms with Gasteiger partial charge in [0, 0.05) is 34.1 Å². The van der Waals surface area contributed by atoms with Crippen molar-refractivity contribution in [1.29, 1.82) is 0 Å². The lowest BCUT2D eigenvalue weighted by Gasteiger charge is -2.49. The van der Waals surface area contributed by atoms with Gasteiger partial charge in [0.05, 0.1) is 0 Å². The molecule has 2 heterocycles. The van der Waals surface area contributed by atoms with Crippen molar-refractivity contribution in [2.75, 3.05) is 9.80 Å². The van der Waals surface area contributed by atoms with Crippen LogP contribution in [0.4, 0.5) is 22.7 Å². The number of hydrogen-bond acceptors (Lipinski definition) is 2. The van der Waals surface area contributed by atoms with E-state index in [1.807, 2.05) is 0 Å². The molecule has 4 aromatic rings. The number of allylic oxidation sites excluding steroid dienone is 3. The molecule has 0 radical (unpaired) electrons. The molecule has 0 spiro atoms. The average Bonchev–Trinajstić information content (AvgIpc) is 3.05. The van der Waals surface area contributed by atoms with E-state index in [2.05, 4.69) is 163 Å². The van der Waals surface area contributed by atoms with E-state index in [4.69, 9.17) is 0 Å². The van der Waals surface area contributed by atoms with Gasteiger partial charge in [-0.3, -0.25) is 0 Å². The molecular weight excluding hydrogens is 555 g/mol. The molecule has 3 heteroatoms. The fraction of sp³-hybridized carbons (Fsp3) is 0.349. The highest BCUT2D eigenvalue weighted by atomic mass is 15.2. The van der Waals surface area contributed by atoms with Crippen molar-refractivity contribution in [3.05, 3.63) is 130 Å². The van der Waals surface area contributed by atoms with Crippen molar-refractivity contribution in [2.24, 2.45) is 5.92 Å². The number of fused-ring (bicyclic) bond motifs is 4. The summed E-state index contributed by atoms with van der Waals surface area (Å²) in [4.78, 5) is 5.18. The molecule has 234 valence electrons. The maximum Gasteiger partial charge on any atom is 0.251 e. The Balaban J connectivity index is 1.54. The summed E-state index contributed by atoms with van der Waals surface area (Å²) in [5, 5.41) is 0. The van der Waals surface area contributed by atoms with Crippen LogP contribution in [0.15, 0.2) is 108 Å². The van der Waals surface area contributed by atoms with Gasteiger partial charge in [0.1, 0.15) is 0 Å². The van der Waals surface area contributed by atoms with Gasteiger partial charge in [-0.15, -0.1) is 0 Å². The number of benzene rings is 4. The summed E-state index contributed by atoms with van der Waals surface area (Å²) >= 11 is 0. The number of anilines is 4. The quantitative estimate of drug-likeness (QED) is 0.202. The summed E-state index contributed by atoms with van der Waals surface area (Å²) in [6, 6.07) is 33.3. The summed E-state index contributed by atoms with van der Waals surface area (Å²) < 4.78 is 0. The van der Waals surface area contributed by atoms with Crippen LogP contribution in [0.1, 0.15) is 115 Å². The summed E-state index contributed by atoms with van der Waals surface area (Å²) in [5.74, 6) is 2.32. The Morgan fingerprint density at radius 3 is 1.41 bits per heavy atom. The Labute approximate surface area is 277 Å². The van der Waals surface area contributed by atoms with Crippen molar-refractivity contribution in [2.45, 2.75) is 92.4 Å². The van der Waals surface area contributed by atoms with E-state index in [0.29, 0.717) is 29.6 Å². The molecule has 3 aliphatic rings. The van der Waals surface area contributed by atoms with Gasteiger partial charge < -0.3 is 9.80 Å². The van der Waals surface area contributed by atoms with E-state index in [0.717, 1.165) is 6.42 Å². The Morgan fingerprint density at radius 1 is 0.543 bits per heavy atom. The van der Waals surface area contributed by atoms with Crippen molar-refractivity contribution >= 4 is 40.4 Å². The summed E-state index contributed by atoms with van der Waals surface area (Å²) in [5.41, 5.74) is 17.8. The maximum atomic E-state index is 2.62. The lowest BCUT2D eigenvalue weighted by Crippen LogP contribution is -2.57. The van der Waals surface area contributed by atoms with Gasteiger partial charge in [-0.1, -0.05) is 117 Å². The lowest BCUT2D eigenvalue weighted by atomic mass is 9.31. The van der Waals surface area contributed by atoms with Gasteiger partial charge in [-0.05, 0) is 111 Å². The molecule has 0 amide bonds. The third-order valence-electron chi connectivity index (χ3n) is 10.6. The van der Waals surface area contributed by atoms with Crippen LogP contribution in [0.2, 0.25) is 0 Å². The van der Waals surface area contributed by atoms with Crippen molar-refractivity contribution in [1.82, 2.24) is 0 Å². The second-order valence-corrected chi connectivity index (χ2v) is 15.1. The largest absolute Gasteiger partial charge is 0.315 e. The lowest BCUT2D eigenvalue weighted by molar-refractivity contribution is 0.657. The second kappa shape index (κ2) is 11.7. The molecule has 4 aromatic carbocycles. The number of rotatable bonds is 6. The molecule has 0 fully saturated rings. The third-order valence-corrected chi connectivity index (χ3v) is 10.6. The Bertz CT molecular complexity index is 1840. The van der Waals surface area contributed by atoms with E-state index >= 15 is 0 Å². The van der Waals surface area contributed by atoms with E-state index in [1.54, 1.807) is 0 Å². The van der Waals surface area contributed by atoms with Crippen LogP contribution < -0.4 is 20.7 Å². The first-order valence-corrected chi connectivity index (χ1v) is 17.6. The molecule has 0 N–H and O–H groups in total. The van der Waals surface area contributed by atoms with Crippen LogP contribution in [0.25, 0.3) is 0 Å². The highest BCUT2D eigenvalue weighted by Gasteiger charge is 2.47. The van der Waals surface area contributed by atoms with E-state index < -0.39 is 0 Å². The maximum absolute atomic E-state index is 2.62. The molecule has 0 bridgehead atoms. The molecule has 1 unspecified atom stereocenters. The van der Waals surface area contributed by atoms with Gasteiger partial charge in [0.15, 0.2) is 0 Å². The minimum atomic E-state index is 0.184. The van der Waals surface area contributed by atoms with E-state index in [9.17, 15) is 0 Å². The minimum Gasteiger partial charge on any atom is -0.315 e. The van der Waals surface area contributed by atoms with Crippen LogP contribution in [0, 0.1) is 5.92 Å². The first-order valence-electron chi connectivity index (χ1n) is 17.6. The van der Waals surface area contributed by atoms with Gasteiger partial charge in [0.25, 0.3) is 6.71 Å². The van der Waals surface area contributed by atoms with Gasteiger partial charge in [0.2, 0.25) is 0 Å². The molecule has 1 aliphatic carbocycles. The van der Waals surface area contributed by atoms with Crippen LogP contribution in [-0.2, 0) is 0 Å². The van der Waals surface area contributed by atoms with E-state index in [-0.39, 0.29) is 6.71 Å². The minimum absolute atomic E-state index is 0.184.